The molecule has 0 radical (unpaired) electrons. The third kappa shape index (κ3) is 3.88. The molecule has 0 spiro atoms. The van der Waals surface area contributed by atoms with E-state index in [1.165, 1.54) is 6.07 Å². The van der Waals surface area contributed by atoms with Crippen LogP contribution in [-0.2, 0) is 13.0 Å². The van der Waals surface area contributed by atoms with Crippen molar-refractivity contribution in [2.45, 2.75) is 26.8 Å². The fourth-order valence-corrected chi connectivity index (χ4v) is 2.54. The normalized spacial score (nSPS) is 10.7. The summed E-state index contributed by atoms with van der Waals surface area (Å²) in [6, 6.07) is 11.3. The lowest BCUT2D eigenvalue weighted by molar-refractivity contribution is 0.414. The van der Waals surface area contributed by atoms with E-state index < -0.39 is 0 Å². The topological polar surface area (TPSA) is 84.8 Å². The number of benzene rings is 1. The van der Waals surface area contributed by atoms with Gasteiger partial charge in [0.25, 0.3) is 5.56 Å². The Morgan fingerprint density at radius 2 is 2.12 bits per heavy atom. The Hall–Kier alpha value is -3.09. The average molecular weight is 339 g/mol. The van der Waals surface area contributed by atoms with Crippen LogP contribution in [0.5, 0.6) is 5.75 Å². The number of ether oxygens (including phenoxy) is 1. The highest BCUT2D eigenvalue weighted by Gasteiger charge is 2.11. The van der Waals surface area contributed by atoms with E-state index in [1.807, 2.05) is 44.2 Å². The van der Waals surface area contributed by atoms with Crippen molar-refractivity contribution in [2.75, 3.05) is 12.4 Å². The van der Waals surface area contributed by atoms with Crippen molar-refractivity contribution >= 4 is 5.82 Å². The molecule has 25 heavy (non-hydrogen) atoms. The molecule has 0 unspecified atom stereocenters. The van der Waals surface area contributed by atoms with E-state index >= 15 is 0 Å². The van der Waals surface area contributed by atoms with Crippen LogP contribution in [0.4, 0.5) is 5.82 Å². The lowest BCUT2D eigenvalue weighted by Crippen LogP contribution is -2.16. The zero-order valence-electron chi connectivity index (χ0n) is 14.5. The van der Waals surface area contributed by atoms with Gasteiger partial charge in [-0.25, -0.2) is 4.98 Å². The van der Waals surface area contributed by atoms with E-state index in [0.717, 1.165) is 28.5 Å². The lowest BCUT2D eigenvalue weighted by atomic mass is 10.2. The number of aromatic nitrogens is 4. The van der Waals surface area contributed by atoms with Crippen molar-refractivity contribution in [2.24, 2.45) is 0 Å². The van der Waals surface area contributed by atoms with Crippen molar-refractivity contribution in [1.29, 1.82) is 0 Å². The molecule has 2 aromatic heterocycles. The van der Waals surface area contributed by atoms with Gasteiger partial charge < -0.3 is 10.1 Å². The van der Waals surface area contributed by atoms with Gasteiger partial charge in [0.15, 0.2) is 0 Å². The number of hydrogen-bond donors (Lipinski definition) is 2. The molecule has 7 heteroatoms. The van der Waals surface area contributed by atoms with Crippen molar-refractivity contribution in [3.8, 4) is 11.7 Å². The Morgan fingerprint density at radius 1 is 1.28 bits per heavy atom. The molecule has 1 aromatic carbocycles. The maximum Gasteiger partial charge on any atom is 0.252 e. The van der Waals surface area contributed by atoms with E-state index in [1.54, 1.807) is 11.8 Å². The molecule has 7 nitrogen and oxygen atoms in total. The first kappa shape index (κ1) is 16.8. The molecule has 0 saturated heterocycles. The van der Waals surface area contributed by atoms with Gasteiger partial charge in [0.1, 0.15) is 11.6 Å². The van der Waals surface area contributed by atoms with Gasteiger partial charge in [0, 0.05) is 24.4 Å². The first-order valence-electron chi connectivity index (χ1n) is 8.13. The number of H-pyrrole nitrogens is 1. The quantitative estimate of drug-likeness (QED) is 0.720. The van der Waals surface area contributed by atoms with E-state index in [-0.39, 0.29) is 5.56 Å². The molecule has 0 amide bonds. The van der Waals surface area contributed by atoms with Gasteiger partial charge in [-0.2, -0.15) is 9.78 Å². The summed E-state index contributed by atoms with van der Waals surface area (Å²) in [5.74, 6) is 1.98. The monoisotopic (exact) mass is 339 g/mol. The summed E-state index contributed by atoms with van der Waals surface area (Å²) >= 11 is 0. The fraction of sp³-hybridized carbons (Fsp3) is 0.278. The zero-order chi connectivity index (χ0) is 17.8. The van der Waals surface area contributed by atoms with E-state index in [4.69, 9.17) is 4.74 Å². The summed E-state index contributed by atoms with van der Waals surface area (Å²) in [5.41, 5.74) is 2.45. The largest absolute Gasteiger partial charge is 0.497 e. The van der Waals surface area contributed by atoms with Crippen LogP contribution in [0.2, 0.25) is 0 Å². The minimum Gasteiger partial charge on any atom is -0.497 e. The maximum atomic E-state index is 11.8. The van der Waals surface area contributed by atoms with Crippen LogP contribution >= 0.6 is 0 Å². The molecule has 3 aromatic rings. The molecule has 2 heterocycles. The average Bonchev–Trinajstić information content (AvgIpc) is 3.00. The lowest BCUT2D eigenvalue weighted by Gasteiger charge is -2.10. The summed E-state index contributed by atoms with van der Waals surface area (Å²) < 4.78 is 6.87. The number of nitrogens with one attached hydrogen (secondary N) is 2. The summed E-state index contributed by atoms with van der Waals surface area (Å²) in [6.07, 6.45) is 0.684. The van der Waals surface area contributed by atoms with E-state index in [0.29, 0.717) is 18.9 Å². The molecule has 2 N–H and O–H groups in total. The van der Waals surface area contributed by atoms with Crippen molar-refractivity contribution in [1.82, 2.24) is 19.7 Å². The molecule has 0 bridgehead atoms. The van der Waals surface area contributed by atoms with Gasteiger partial charge in [0.05, 0.1) is 12.8 Å². The Morgan fingerprint density at radius 3 is 2.88 bits per heavy atom. The van der Waals surface area contributed by atoms with Gasteiger partial charge in [-0.1, -0.05) is 19.1 Å². The molecular weight excluding hydrogens is 318 g/mol. The summed E-state index contributed by atoms with van der Waals surface area (Å²) in [7, 11) is 1.65. The predicted molar refractivity (Wildman–Crippen MR) is 96.4 cm³/mol. The molecule has 130 valence electrons. The first-order valence-corrected chi connectivity index (χ1v) is 8.13. The van der Waals surface area contributed by atoms with Crippen molar-refractivity contribution < 1.29 is 4.74 Å². The molecular formula is C18H21N5O2. The molecule has 0 aliphatic rings. The number of anilines is 1. The fourth-order valence-electron chi connectivity index (χ4n) is 2.54. The van der Waals surface area contributed by atoms with Crippen LogP contribution in [0.3, 0.4) is 0 Å². The molecule has 0 atom stereocenters. The second-order valence-corrected chi connectivity index (χ2v) is 5.70. The Labute approximate surface area is 145 Å². The third-order valence-corrected chi connectivity index (χ3v) is 3.78. The van der Waals surface area contributed by atoms with Gasteiger partial charge >= 0.3 is 0 Å². The smallest absolute Gasteiger partial charge is 0.252 e. The highest BCUT2D eigenvalue weighted by molar-refractivity contribution is 5.43. The zero-order valence-corrected chi connectivity index (χ0v) is 14.5. The number of hydrogen-bond acceptors (Lipinski definition) is 5. The van der Waals surface area contributed by atoms with Gasteiger partial charge in [0.2, 0.25) is 5.95 Å². The Bertz CT molecular complexity index is 929. The minimum absolute atomic E-state index is 0.186. The van der Waals surface area contributed by atoms with Crippen LogP contribution in [0.15, 0.2) is 41.2 Å². The van der Waals surface area contributed by atoms with Crippen LogP contribution in [0, 0.1) is 6.92 Å². The van der Waals surface area contributed by atoms with Crippen LogP contribution in [0.1, 0.15) is 23.9 Å². The summed E-state index contributed by atoms with van der Waals surface area (Å²) in [4.78, 5) is 19.0. The predicted octanol–water partition coefficient (Wildman–Crippen LogP) is 2.45. The highest BCUT2D eigenvalue weighted by atomic mass is 16.5. The number of rotatable bonds is 6. The Balaban J connectivity index is 1.88. The van der Waals surface area contributed by atoms with Gasteiger partial charge in [-0.05, 0) is 31.0 Å². The molecule has 0 aliphatic heterocycles. The Kier molecular flexibility index (Phi) is 4.83. The molecule has 0 aliphatic carbocycles. The summed E-state index contributed by atoms with van der Waals surface area (Å²) in [6.45, 7) is 4.46. The number of nitrogens with zero attached hydrogens (tertiary/aromatic N) is 3. The van der Waals surface area contributed by atoms with Gasteiger partial charge in [-0.15, -0.1) is 0 Å². The van der Waals surface area contributed by atoms with E-state index in [2.05, 4.69) is 20.4 Å². The van der Waals surface area contributed by atoms with Crippen molar-refractivity contribution in [3.63, 3.8) is 0 Å². The van der Waals surface area contributed by atoms with Crippen molar-refractivity contribution in [3.05, 3.63) is 63.7 Å². The SMILES string of the molecule is CCc1cc(=O)[nH]c(-n2nc(C)cc2NCc2cccc(OC)c2)n1. The third-order valence-electron chi connectivity index (χ3n) is 3.78. The standard InChI is InChI=1S/C18H21N5O2/c1-4-14-10-17(24)21-18(20-14)23-16(8-12(2)22-23)19-11-13-6-5-7-15(9-13)25-3/h5-10,19H,4,11H2,1-3H3,(H,20,21,24). The maximum absolute atomic E-state index is 11.8. The first-order chi connectivity index (χ1) is 12.1. The van der Waals surface area contributed by atoms with E-state index in [9.17, 15) is 4.79 Å². The number of aromatic amines is 1. The van der Waals surface area contributed by atoms with Gasteiger partial charge in [-0.3, -0.25) is 9.78 Å². The number of methoxy groups -OCH3 is 1. The highest BCUT2D eigenvalue weighted by Crippen LogP contribution is 2.17. The molecule has 3 rings (SSSR count). The molecule has 0 fully saturated rings. The van der Waals surface area contributed by atoms with Crippen LogP contribution < -0.4 is 15.6 Å². The minimum atomic E-state index is -0.186. The van der Waals surface area contributed by atoms with Crippen LogP contribution in [-0.4, -0.2) is 26.9 Å². The summed E-state index contributed by atoms with van der Waals surface area (Å²) in [5, 5.41) is 7.78. The second-order valence-electron chi connectivity index (χ2n) is 5.70. The second kappa shape index (κ2) is 7.21. The van der Waals surface area contributed by atoms with Crippen LogP contribution in [0.25, 0.3) is 5.95 Å². The molecule has 0 saturated carbocycles. The number of aryl methyl sites for hydroxylation is 2.